The monoisotopic (exact) mass is 775 g/mol. The standard InChI is InChI=1S/C41H52F3N9O3/c1-39(2,3)56-38(55)51-21-14-40(15-22-51)12-19-50(20-13-40)34-11-17-49(26-41(34,43)44)16-6-8-27-7-5-9-32-28(27)10-18-52(32)35-24-31(45-4)36-46-25-33(53(36)48-35)37(54)47-30-23-29(30)42/h5,7,9,24-25,29-30,34,45H,10-23,26H2,1-4H3,(H,47,54)/t29-,30+,34?/m0/s1. The van der Waals surface area contributed by atoms with Gasteiger partial charge in [0, 0.05) is 57.0 Å². The minimum atomic E-state index is -2.84. The molecular formula is C41H52F3N9O3. The van der Waals surface area contributed by atoms with Crippen LogP contribution in [-0.4, -0.2) is 130 Å². The smallest absolute Gasteiger partial charge is 0.410 e. The minimum Gasteiger partial charge on any atom is -0.444 e. The number of carbonyl (C=O) groups is 2. The molecule has 4 aliphatic heterocycles. The topological polar surface area (TPSA) is 111 Å². The van der Waals surface area contributed by atoms with Gasteiger partial charge in [-0.1, -0.05) is 17.9 Å². The Morgan fingerprint density at radius 1 is 1.05 bits per heavy atom. The summed E-state index contributed by atoms with van der Waals surface area (Å²) in [5.41, 5.74) is 3.84. The number of benzene rings is 1. The van der Waals surface area contributed by atoms with Crippen molar-refractivity contribution < 1.29 is 27.5 Å². The minimum absolute atomic E-state index is 0.105. The number of nitrogens with zero attached hydrogens (tertiary/aromatic N) is 7. The molecule has 3 aromatic rings. The van der Waals surface area contributed by atoms with Crippen LogP contribution in [0.5, 0.6) is 0 Å². The highest BCUT2D eigenvalue weighted by atomic mass is 19.3. The lowest BCUT2D eigenvalue weighted by molar-refractivity contribution is -0.135. The van der Waals surface area contributed by atoms with Gasteiger partial charge in [0.25, 0.3) is 11.8 Å². The van der Waals surface area contributed by atoms with Gasteiger partial charge in [-0.05, 0) is 95.5 Å². The van der Waals surface area contributed by atoms with E-state index >= 15 is 8.78 Å². The molecule has 8 rings (SSSR count). The number of rotatable bonds is 6. The van der Waals surface area contributed by atoms with Crippen LogP contribution in [0.2, 0.25) is 0 Å². The summed E-state index contributed by atoms with van der Waals surface area (Å²) in [6.45, 7) is 9.37. The SMILES string of the molecule is CNc1cc(N2CCc3c(C#CCN4CCC(N5CCC6(CCN(C(=O)OC(C)(C)C)CC6)CC5)C(F)(F)C4)cccc32)nn2c(C(=O)N[C@@H]3C[C@@H]3F)cnc12. The van der Waals surface area contributed by atoms with Crippen molar-refractivity contribution >= 4 is 34.8 Å². The molecule has 3 saturated heterocycles. The molecule has 1 aromatic carbocycles. The first kappa shape index (κ1) is 38.3. The highest BCUT2D eigenvalue weighted by Gasteiger charge is 2.49. The predicted molar refractivity (Wildman–Crippen MR) is 207 cm³/mol. The number of fused-ring (bicyclic) bond motifs is 2. The number of aromatic nitrogens is 3. The molecule has 1 saturated carbocycles. The Bertz CT molecular complexity index is 2040. The number of alkyl halides is 3. The molecular weight excluding hydrogens is 724 g/mol. The van der Waals surface area contributed by atoms with Crippen molar-refractivity contribution in [1.29, 1.82) is 0 Å². The highest BCUT2D eigenvalue weighted by molar-refractivity contribution is 5.94. The van der Waals surface area contributed by atoms with Crippen molar-refractivity contribution in [3.8, 4) is 11.8 Å². The quantitative estimate of drug-likeness (QED) is 0.315. The van der Waals surface area contributed by atoms with Crippen LogP contribution >= 0.6 is 0 Å². The second kappa shape index (κ2) is 14.8. The van der Waals surface area contributed by atoms with E-state index in [2.05, 4.69) is 32.4 Å². The van der Waals surface area contributed by atoms with Crippen molar-refractivity contribution in [3.63, 3.8) is 0 Å². The van der Waals surface area contributed by atoms with Crippen molar-refractivity contribution in [3.05, 3.63) is 47.3 Å². The molecule has 3 atom stereocenters. The zero-order chi connectivity index (χ0) is 39.4. The average Bonchev–Trinajstić information content (AvgIpc) is 3.48. The molecule has 4 fully saturated rings. The highest BCUT2D eigenvalue weighted by Crippen LogP contribution is 2.44. The van der Waals surface area contributed by atoms with Gasteiger partial charge in [-0.15, -0.1) is 5.10 Å². The van der Waals surface area contributed by atoms with E-state index in [4.69, 9.17) is 9.84 Å². The van der Waals surface area contributed by atoms with E-state index in [9.17, 15) is 14.0 Å². The summed E-state index contributed by atoms with van der Waals surface area (Å²) in [6, 6.07) is 6.54. The summed E-state index contributed by atoms with van der Waals surface area (Å²) in [7, 11) is 1.78. The third-order valence-corrected chi connectivity index (χ3v) is 12.2. The van der Waals surface area contributed by atoms with Crippen LogP contribution in [-0.2, 0) is 11.2 Å². The predicted octanol–water partition coefficient (Wildman–Crippen LogP) is 5.48. The number of halogens is 3. The first-order chi connectivity index (χ1) is 26.7. The number of hydrogen-bond acceptors (Lipinski definition) is 9. The van der Waals surface area contributed by atoms with Crippen molar-refractivity contribution in [1.82, 2.24) is 34.6 Å². The van der Waals surface area contributed by atoms with Gasteiger partial charge in [-0.25, -0.2) is 27.5 Å². The Balaban J connectivity index is 0.876. The van der Waals surface area contributed by atoms with Gasteiger partial charge < -0.3 is 25.2 Å². The number of piperidine rings is 3. The molecule has 2 N–H and O–H groups in total. The lowest BCUT2D eigenvalue weighted by atomic mass is 9.71. The van der Waals surface area contributed by atoms with E-state index in [1.807, 2.05) is 49.9 Å². The van der Waals surface area contributed by atoms with E-state index in [1.165, 1.54) is 10.7 Å². The van der Waals surface area contributed by atoms with E-state index in [1.54, 1.807) is 16.8 Å². The number of ether oxygens (including phenoxy) is 1. The van der Waals surface area contributed by atoms with E-state index in [0.29, 0.717) is 75.7 Å². The second-order valence-electron chi connectivity index (χ2n) is 17.2. The van der Waals surface area contributed by atoms with Crippen LogP contribution in [0.4, 0.5) is 35.2 Å². The van der Waals surface area contributed by atoms with Gasteiger partial charge in [-0.2, -0.15) is 0 Å². The molecule has 1 aliphatic carbocycles. The second-order valence-corrected chi connectivity index (χ2v) is 17.2. The molecule has 300 valence electrons. The fourth-order valence-corrected chi connectivity index (χ4v) is 8.90. The summed E-state index contributed by atoms with van der Waals surface area (Å²) >= 11 is 0. The van der Waals surface area contributed by atoms with Gasteiger partial charge in [0.1, 0.15) is 11.8 Å². The van der Waals surface area contributed by atoms with Gasteiger partial charge in [0.15, 0.2) is 17.2 Å². The number of amides is 2. The molecule has 1 spiro atoms. The maximum Gasteiger partial charge on any atom is 0.410 e. The van der Waals surface area contributed by atoms with Crippen LogP contribution < -0.4 is 15.5 Å². The van der Waals surface area contributed by atoms with Gasteiger partial charge >= 0.3 is 6.09 Å². The number of carbonyl (C=O) groups excluding carboxylic acids is 2. The molecule has 1 unspecified atom stereocenters. The third kappa shape index (κ3) is 7.74. The molecule has 6 heterocycles. The van der Waals surface area contributed by atoms with Crippen LogP contribution in [0.1, 0.15) is 80.9 Å². The van der Waals surface area contributed by atoms with E-state index in [-0.39, 0.29) is 30.3 Å². The van der Waals surface area contributed by atoms with Gasteiger partial charge in [0.05, 0.1) is 37.1 Å². The summed E-state index contributed by atoms with van der Waals surface area (Å²) in [5.74, 6) is 3.83. The molecule has 56 heavy (non-hydrogen) atoms. The molecule has 0 radical (unpaired) electrons. The van der Waals surface area contributed by atoms with Crippen molar-refractivity contribution in [2.75, 3.05) is 69.6 Å². The first-order valence-corrected chi connectivity index (χ1v) is 19.9. The molecule has 12 nitrogen and oxygen atoms in total. The zero-order valence-electron chi connectivity index (χ0n) is 32.7. The fourth-order valence-electron chi connectivity index (χ4n) is 8.90. The number of anilines is 3. The number of hydrogen-bond donors (Lipinski definition) is 2. The van der Waals surface area contributed by atoms with Gasteiger partial charge in [-0.3, -0.25) is 14.6 Å². The number of imidazole rings is 1. The molecule has 0 bridgehead atoms. The summed E-state index contributed by atoms with van der Waals surface area (Å²) in [5, 5.41) is 10.6. The van der Waals surface area contributed by atoms with E-state index < -0.39 is 35.7 Å². The van der Waals surface area contributed by atoms with Gasteiger partial charge in [0.2, 0.25) is 0 Å². The van der Waals surface area contributed by atoms with Crippen LogP contribution in [0.25, 0.3) is 5.65 Å². The first-order valence-electron chi connectivity index (χ1n) is 19.9. The van der Waals surface area contributed by atoms with Crippen molar-refractivity contribution in [2.45, 2.75) is 95.5 Å². The fraction of sp³-hybridized carbons (Fsp3) is 0.610. The van der Waals surface area contributed by atoms with Crippen LogP contribution in [0, 0.1) is 17.3 Å². The maximum atomic E-state index is 15.8. The Morgan fingerprint density at radius 2 is 1.79 bits per heavy atom. The lowest BCUT2D eigenvalue weighted by Crippen LogP contribution is -2.60. The number of likely N-dealkylation sites (tertiary alicyclic amines) is 3. The lowest BCUT2D eigenvalue weighted by Gasteiger charge is -2.50. The molecule has 2 amide bonds. The summed E-state index contributed by atoms with van der Waals surface area (Å²) in [6.07, 6.45) is 5.10. The Kier molecular flexibility index (Phi) is 10.1. The van der Waals surface area contributed by atoms with Crippen LogP contribution in [0.3, 0.4) is 0 Å². The maximum absolute atomic E-state index is 15.8. The Hall–Kier alpha value is -4.55. The summed E-state index contributed by atoms with van der Waals surface area (Å²) in [4.78, 5) is 37.5. The molecule has 2 aromatic heterocycles. The zero-order valence-corrected chi connectivity index (χ0v) is 32.7. The normalized spacial score (nSPS) is 24.7. The Morgan fingerprint density at radius 3 is 2.46 bits per heavy atom. The third-order valence-electron chi connectivity index (χ3n) is 12.2. The van der Waals surface area contributed by atoms with Crippen LogP contribution in [0.15, 0.2) is 30.5 Å². The average molecular weight is 776 g/mol. The van der Waals surface area contributed by atoms with E-state index in [0.717, 1.165) is 42.5 Å². The largest absolute Gasteiger partial charge is 0.444 e. The number of nitrogens with one attached hydrogen (secondary N) is 2. The Labute approximate surface area is 326 Å². The molecule has 15 heteroatoms. The summed E-state index contributed by atoms with van der Waals surface area (Å²) < 4.78 is 52.1. The molecule has 5 aliphatic rings. The van der Waals surface area contributed by atoms with Crippen molar-refractivity contribution in [2.24, 2.45) is 5.41 Å².